The Morgan fingerprint density at radius 3 is 2.62 bits per heavy atom. The summed E-state index contributed by atoms with van der Waals surface area (Å²) in [6, 6.07) is 10.7. The van der Waals surface area contributed by atoms with Crippen LogP contribution in [0.1, 0.15) is 5.56 Å². The van der Waals surface area contributed by atoms with Crippen LogP contribution in [-0.4, -0.2) is 19.5 Å². The van der Waals surface area contributed by atoms with E-state index < -0.39 is 15.9 Å². The largest absolute Gasteiger partial charge is 0.288 e. The number of amides is 1. The van der Waals surface area contributed by atoms with Gasteiger partial charge in [-0.05, 0) is 42.0 Å². The Balaban J connectivity index is 2.29. The van der Waals surface area contributed by atoms with E-state index in [0.717, 1.165) is 10.5 Å². The maximum absolute atomic E-state index is 12.5. The molecule has 0 radical (unpaired) electrons. The summed E-state index contributed by atoms with van der Waals surface area (Å²) in [5.41, 5.74) is 2.17. The van der Waals surface area contributed by atoms with Crippen LogP contribution in [0.3, 0.4) is 0 Å². The summed E-state index contributed by atoms with van der Waals surface area (Å²) in [6.45, 7) is 0. The molecule has 0 heterocycles. The number of halogens is 2. The van der Waals surface area contributed by atoms with E-state index >= 15 is 0 Å². The molecule has 0 aliphatic heterocycles. The third-order valence-electron chi connectivity index (χ3n) is 2.88. The number of nitrogens with one attached hydrogen (secondary N) is 2. The average Bonchev–Trinajstić information content (AvgIpc) is 2.55. The highest BCUT2D eigenvalue weighted by Gasteiger charge is 2.16. The molecule has 6 nitrogen and oxygen atoms in total. The zero-order chi connectivity index (χ0) is 17.7. The van der Waals surface area contributed by atoms with Crippen molar-refractivity contribution in [3.05, 3.63) is 63.6 Å². The molecule has 0 aliphatic rings. The topological polar surface area (TPSA) is 95.5 Å². The van der Waals surface area contributed by atoms with Gasteiger partial charge in [-0.1, -0.05) is 39.7 Å². The van der Waals surface area contributed by atoms with E-state index in [1.807, 2.05) is 0 Å². The molecule has 3 N–H and O–H groups in total. The zero-order valence-electron chi connectivity index (χ0n) is 12.0. The lowest BCUT2D eigenvalue weighted by Gasteiger charge is -2.10. The third-order valence-corrected chi connectivity index (χ3v) is 5.05. The Bertz CT molecular complexity index is 900. The van der Waals surface area contributed by atoms with Crippen LogP contribution in [0.2, 0.25) is 5.02 Å². The lowest BCUT2D eigenvalue weighted by Crippen LogP contribution is -2.15. The molecule has 9 heteroatoms. The predicted octanol–water partition coefficient (Wildman–Crippen LogP) is 3.42. The minimum atomic E-state index is -3.85. The minimum absolute atomic E-state index is 0.00745. The number of carbonyl (C=O) groups is 1. The quantitative estimate of drug-likeness (QED) is 0.384. The van der Waals surface area contributed by atoms with Crippen LogP contribution in [0.5, 0.6) is 0 Å². The van der Waals surface area contributed by atoms with Gasteiger partial charge in [0.25, 0.3) is 15.9 Å². The summed E-state index contributed by atoms with van der Waals surface area (Å²) in [5, 5.41) is 8.69. The molecule has 24 heavy (non-hydrogen) atoms. The van der Waals surface area contributed by atoms with Gasteiger partial charge in [-0.25, -0.2) is 13.9 Å². The van der Waals surface area contributed by atoms with Crippen molar-refractivity contribution in [2.75, 3.05) is 4.72 Å². The fraction of sp³-hybridized carbons (Fsp3) is 0. The van der Waals surface area contributed by atoms with Crippen molar-refractivity contribution in [1.29, 1.82) is 0 Å². The molecule has 0 aromatic heterocycles. The molecule has 0 fully saturated rings. The second kappa shape index (κ2) is 7.80. The number of hydrogen-bond acceptors (Lipinski definition) is 4. The molecule has 0 atom stereocenters. The van der Waals surface area contributed by atoms with Crippen molar-refractivity contribution in [2.24, 2.45) is 0 Å². The molecule has 0 spiro atoms. The molecule has 0 saturated heterocycles. The third kappa shape index (κ3) is 4.81. The summed E-state index contributed by atoms with van der Waals surface area (Å²) in [5.74, 6) is -0.719. The smallest absolute Gasteiger partial charge is 0.267 e. The fourth-order valence-corrected chi connectivity index (χ4v) is 3.68. The fourth-order valence-electron chi connectivity index (χ4n) is 1.77. The van der Waals surface area contributed by atoms with Crippen LogP contribution in [0.25, 0.3) is 6.08 Å². The molecule has 0 aliphatic carbocycles. The second-order valence-electron chi connectivity index (χ2n) is 4.61. The first-order valence-corrected chi connectivity index (χ1v) is 9.17. The van der Waals surface area contributed by atoms with E-state index in [4.69, 9.17) is 16.8 Å². The molecular formula is C15H12BrClN2O4S. The Morgan fingerprint density at radius 1 is 1.21 bits per heavy atom. The molecule has 0 bridgehead atoms. The SMILES string of the molecule is O=C(/C=C/c1cccc(S(=O)(=O)Nc2ccc(Br)cc2Cl)c1)NO. The van der Waals surface area contributed by atoms with Gasteiger partial charge in [-0.2, -0.15) is 0 Å². The monoisotopic (exact) mass is 430 g/mol. The number of anilines is 1. The molecule has 2 aromatic rings. The summed E-state index contributed by atoms with van der Waals surface area (Å²) >= 11 is 9.26. The molecule has 1 amide bonds. The standard InChI is InChI=1S/C15H12BrClN2O4S/c16-11-5-6-14(13(17)9-11)19-24(22,23)12-3-1-2-10(8-12)4-7-15(20)18-21/h1-9,19,21H,(H,18,20)/b7-4+. The van der Waals surface area contributed by atoms with E-state index in [2.05, 4.69) is 20.7 Å². The second-order valence-corrected chi connectivity index (χ2v) is 7.62. The highest BCUT2D eigenvalue weighted by atomic mass is 79.9. The number of hydroxylamine groups is 1. The molecule has 2 rings (SSSR count). The summed E-state index contributed by atoms with van der Waals surface area (Å²) < 4.78 is 28.1. The van der Waals surface area contributed by atoms with E-state index in [0.29, 0.717) is 5.56 Å². The van der Waals surface area contributed by atoms with Crippen LogP contribution in [0, 0.1) is 0 Å². The van der Waals surface area contributed by atoms with Gasteiger partial charge in [0.05, 0.1) is 15.6 Å². The van der Waals surface area contributed by atoms with Gasteiger partial charge in [0.1, 0.15) is 0 Å². The van der Waals surface area contributed by atoms with Crippen molar-refractivity contribution in [3.8, 4) is 0 Å². The van der Waals surface area contributed by atoms with Gasteiger partial charge in [0.15, 0.2) is 0 Å². The van der Waals surface area contributed by atoms with Crippen LogP contribution in [0.4, 0.5) is 5.69 Å². The average molecular weight is 432 g/mol. The van der Waals surface area contributed by atoms with E-state index in [-0.39, 0.29) is 15.6 Å². The number of carbonyl (C=O) groups excluding carboxylic acids is 1. The first kappa shape index (κ1) is 18.5. The van der Waals surface area contributed by atoms with Gasteiger partial charge in [0, 0.05) is 10.5 Å². The van der Waals surface area contributed by atoms with Crippen LogP contribution in [-0.2, 0) is 14.8 Å². The lowest BCUT2D eigenvalue weighted by atomic mass is 10.2. The van der Waals surface area contributed by atoms with Crippen molar-refractivity contribution in [1.82, 2.24) is 5.48 Å². The van der Waals surface area contributed by atoms with Crippen molar-refractivity contribution >= 4 is 55.2 Å². The predicted molar refractivity (Wildman–Crippen MR) is 95.4 cm³/mol. The lowest BCUT2D eigenvalue weighted by molar-refractivity contribution is -0.124. The summed E-state index contributed by atoms with van der Waals surface area (Å²) in [4.78, 5) is 11.0. The zero-order valence-corrected chi connectivity index (χ0v) is 15.2. The van der Waals surface area contributed by atoms with Gasteiger partial charge < -0.3 is 0 Å². The van der Waals surface area contributed by atoms with Crippen LogP contribution in [0.15, 0.2) is 57.9 Å². The number of hydrogen-bond donors (Lipinski definition) is 3. The maximum Gasteiger partial charge on any atom is 0.267 e. The Labute approximate surface area is 152 Å². The van der Waals surface area contributed by atoms with Crippen molar-refractivity contribution in [2.45, 2.75) is 4.90 Å². The number of rotatable bonds is 5. The van der Waals surface area contributed by atoms with Gasteiger partial charge in [0.2, 0.25) is 0 Å². The van der Waals surface area contributed by atoms with Gasteiger partial charge in [-0.15, -0.1) is 0 Å². The highest BCUT2D eigenvalue weighted by molar-refractivity contribution is 9.10. The van der Waals surface area contributed by atoms with E-state index in [9.17, 15) is 13.2 Å². The normalized spacial score (nSPS) is 11.5. The molecular weight excluding hydrogens is 420 g/mol. The highest BCUT2D eigenvalue weighted by Crippen LogP contribution is 2.28. The minimum Gasteiger partial charge on any atom is -0.288 e. The first-order chi connectivity index (χ1) is 11.3. The number of benzene rings is 2. The molecule has 2 aromatic carbocycles. The van der Waals surface area contributed by atoms with E-state index in [1.54, 1.807) is 24.3 Å². The maximum atomic E-state index is 12.5. The number of sulfonamides is 1. The van der Waals surface area contributed by atoms with Crippen molar-refractivity contribution < 1.29 is 18.4 Å². The van der Waals surface area contributed by atoms with Gasteiger partial charge in [-0.3, -0.25) is 14.7 Å². The van der Waals surface area contributed by atoms with Crippen LogP contribution < -0.4 is 10.2 Å². The van der Waals surface area contributed by atoms with Crippen molar-refractivity contribution in [3.63, 3.8) is 0 Å². The Hall–Kier alpha value is -1.87. The molecule has 126 valence electrons. The van der Waals surface area contributed by atoms with Crippen LogP contribution >= 0.6 is 27.5 Å². The first-order valence-electron chi connectivity index (χ1n) is 6.52. The molecule has 0 unspecified atom stereocenters. The Kier molecular flexibility index (Phi) is 6.00. The summed E-state index contributed by atoms with van der Waals surface area (Å²) in [6.07, 6.45) is 2.45. The van der Waals surface area contributed by atoms with Gasteiger partial charge >= 0.3 is 0 Å². The summed E-state index contributed by atoms with van der Waals surface area (Å²) in [7, 11) is -3.85. The molecule has 0 saturated carbocycles. The van der Waals surface area contributed by atoms with E-state index in [1.165, 1.54) is 29.8 Å². The Morgan fingerprint density at radius 2 is 1.96 bits per heavy atom.